The number of ketones is 2. The number of carbonyl (C=O) groups is 2. The number of aryl methyl sites for hydroxylation is 1. The second kappa shape index (κ2) is 7.97. The van der Waals surface area contributed by atoms with E-state index in [1.54, 1.807) is 42.5 Å². The van der Waals surface area contributed by atoms with E-state index in [-0.39, 0.29) is 43.4 Å². The van der Waals surface area contributed by atoms with Crippen LogP contribution < -0.4 is 11.1 Å². The summed E-state index contributed by atoms with van der Waals surface area (Å²) in [7, 11) is -4.07. The summed E-state index contributed by atoms with van der Waals surface area (Å²) in [6.07, 6.45) is 0. The highest BCUT2D eigenvalue weighted by Crippen LogP contribution is 2.41. The van der Waals surface area contributed by atoms with Gasteiger partial charge in [-0.15, -0.1) is 0 Å². The van der Waals surface area contributed by atoms with Crippen LogP contribution in [0.3, 0.4) is 0 Å². The van der Waals surface area contributed by atoms with Crippen LogP contribution >= 0.6 is 0 Å². The highest BCUT2D eigenvalue weighted by Gasteiger charge is 2.37. The lowest BCUT2D eigenvalue weighted by atomic mass is 9.82. The van der Waals surface area contributed by atoms with Gasteiger partial charge in [-0.2, -0.15) is 0 Å². The van der Waals surface area contributed by atoms with Crippen LogP contribution in [0, 0.1) is 6.92 Å². The molecule has 0 aromatic heterocycles. The maximum atomic E-state index is 13.5. The van der Waals surface area contributed by atoms with Crippen LogP contribution in [0.15, 0.2) is 94.7 Å². The third-order valence-corrected chi connectivity index (χ3v) is 7.68. The van der Waals surface area contributed by atoms with E-state index in [0.717, 1.165) is 5.56 Å². The molecule has 0 heterocycles. The first-order valence-electron chi connectivity index (χ1n) is 10.6. The molecule has 4 aromatic carbocycles. The van der Waals surface area contributed by atoms with Gasteiger partial charge < -0.3 is 11.1 Å². The predicted octanol–water partition coefficient (Wildman–Crippen LogP) is 4.93. The van der Waals surface area contributed by atoms with Crippen LogP contribution in [-0.4, -0.2) is 20.0 Å². The molecule has 1 aliphatic rings. The van der Waals surface area contributed by atoms with Gasteiger partial charge in [0.05, 0.1) is 32.3 Å². The summed E-state index contributed by atoms with van der Waals surface area (Å²) >= 11 is 0. The van der Waals surface area contributed by atoms with Crippen molar-refractivity contribution in [3.8, 4) is 0 Å². The van der Waals surface area contributed by atoms with Gasteiger partial charge in [0.2, 0.25) is 9.84 Å². The Bertz CT molecular complexity index is 1580. The van der Waals surface area contributed by atoms with Gasteiger partial charge in [-0.1, -0.05) is 60.2 Å². The molecular formula is C27H20N2O4S. The number of fused-ring (bicyclic) bond motifs is 2. The smallest absolute Gasteiger partial charge is 0.208 e. The monoisotopic (exact) mass is 468 g/mol. The van der Waals surface area contributed by atoms with Gasteiger partial charge in [-0.05, 0) is 37.3 Å². The molecular weight excluding hydrogens is 448 g/mol. The fourth-order valence-electron chi connectivity index (χ4n) is 4.13. The molecule has 0 fully saturated rings. The van der Waals surface area contributed by atoms with E-state index >= 15 is 0 Å². The van der Waals surface area contributed by atoms with Crippen molar-refractivity contribution < 1.29 is 18.0 Å². The van der Waals surface area contributed by atoms with Gasteiger partial charge in [-0.3, -0.25) is 9.59 Å². The molecule has 7 heteroatoms. The Kier molecular flexibility index (Phi) is 5.06. The van der Waals surface area contributed by atoms with E-state index in [9.17, 15) is 18.0 Å². The van der Waals surface area contributed by atoms with Crippen molar-refractivity contribution in [1.82, 2.24) is 0 Å². The van der Waals surface area contributed by atoms with Crippen LogP contribution in [0.1, 0.15) is 37.4 Å². The van der Waals surface area contributed by atoms with Crippen LogP contribution in [0.25, 0.3) is 0 Å². The largest absolute Gasteiger partial charge is 0.397 e. The predicted molar refractivity (Wildman–Crippen MR) is 131 cm³/mol. The maximum Gasteiger partial charge on any atom is 0.208 e. The second-order valence-electron chi connectivity index (χ2n) is 8.10. The van der Waals surface area contributed by atoms with E-state index in [0.29, 0.717) is 5.69 Å². The number of rotatable bonds is 4. The molecule has 5 rings (SSSR count). The highest BCUT2D eigenvalue weighted by molar-refractivity contribution is 7.91. The van der Waals surface area contributed by atoms with Gasteiger partial charge in [0.1, 0.15) is 0 Å². The molecule has 3 N–H and O–H groups in total. The first-order valence-corrected chi connectivity index (χ1v) is 12.1. The Morgan fingerprint density at radius 3 is 1.91 bits per heavy atom. The highest BCUT2D eigenvalue weighted by atomic mass is 32.2. The van der Waals surface area contributed by atoms with E-state index < -0.39 is 21.4 Å². The standard InChI is InChI=1S/C27H20N2O4S/c1-16-11-13-17(14-12-16)29-21-15-22(34(32,33)18-7-3-2-4-8-18)25(28)24-23(21)26(30)19-9-5-6-10-20(19)27(24)31/h2-15,29H,28H2,1H3. The Morgan fingerprint density at radius 1 is 0.735 bits per heavy atom. The van der Waals surface area contributed by atoms with E-state index in [1.165, 1.54) is 18.2 Å². The van der Waals surface area contributed by atoms with Crippen molar-refractivity contribution in [3.05, 3.63) is 113 Å². The SMILES string of the molecule is Cc1ccc(Nc2cc(S(=O)(=O)c3ccccc3)c(N)c3c2C(=O)c2ccccc2C3=O)cc1. The lowest BCUT2D eigenvalue weighted by molar-refractivity contribution is 0.0980. The Labute approximate surface area is 197 Å². The molecule has 34 heavy (non-hydrogen) atoms. The molecule has 1 aliphatic carbocycles. The number of nitrogens with two attached hydrogens (primary N) is 1. The van der Waals surface area contributed by atoms with Crippen molar-refractivity contribution in [2.75, 3.05) is 11.1 Å². The number of nitrogens with one attached hydrogen (secondary N) is 1. The topological polar surface area (TPSA) is 106 Å². The number of nitrogen functional groups attached to an aromatic ring is 1. The fourth-order valence-corrected chi connectivity index (χ4v) is 5.57. The molecule has 4 aromatic rings. The van der Waals surface area contributed by atoms with Crippen LogP contribution in [-0.2, 0) is 9.84 Å². The molecule has 0 saturated carbocycles. The van der Waals surface area contributed by atoms with E-state index in [4.69, 9.17) is 5.73 Å². The minimum atomic E-state index is -4.07. The summed E-state index contributed by atoms with van der Waals surface area (Å²) in [4.78, 5) is 26.8. The molecule has 168 valence electrons. The molecule has 6 nitrogen and oxygen atoms in total. The third kappa shape index (κ3) is 3.38. The fraction of sp³-hybridized carbons (Fsp3) is 0.0370. The van der Waals surface area contributed by atoms with Gasteiger partial charge in [0, 0.05) is 16.8 Å². The molecule has 0 spiro atoms. The van der Waals surface area contributed by atoms with Gasteiger partial charge in [0.15, 0.2) is 11.6 Å². The zero-order chi connectivity index (χ0) is 24.0. The number of benzene rings is 4. The number of sulfone groups is 1. The molecule has 0 unspecified atom stereocenters. The van der Waals surface area contributed by atoms with Crippen molar-refractivity contribution in [2.45, 2.75) is 16.7 Å². The van der Waals surface area contributed by atoms with Crippen LogP contribution in [0.4, 0.5) is 17.1 Å². The lowest BCUT2D eigenvalue weighted by Crippen LogP contribution is -2.25. The van der Waals surface area contributed by atoms with Gasteiger partial charge >= 0.3 is 0 Å². The summed E-state index contributed by atoms with van der Waals surface area (Å²) in [5.41, 5.74) is 8.40. The first-order chi connectivity index (χ1) is 16.3. The van der Waals surface area contributed by atoms with Crippen molar-refractivity contribution in [1.29, 1.82) is 0 Å². The van der Waals surface area contributed by atoms with Crippen molar-refractivity contribution in [3.63, 3.8) is 0 Å². The van der Waals surface area contributed by atoms with Crippen LogP contribution in [0.5, 0.6) is 0 Å². The maximum absolute atomic E-state index is 13.5. The minimum Gasteiger partial charge on any atom is -0.397 e. The summed E-state index contributed by atoms with van der Waals surface area (Å²) in [5.74, 6) is -0.880. The van der Waals surface area contributed by atoms with E-state index in [2.05, 4.69) is 5.32 Å². The molecule has 0 saturated heterocycles. The van der Waals surface area contributed by atoms with Crippen molar-refractivity contribution in [2.24, 2.45) is 0 Å². The quantitative estimate of drug-likeness (QED) is 0.362. The number of hydrogen-bond acceptors (Lipinski definition) is 6. The molecule has 0 aliphatic heterocycles. The summed E-state index contributed by atoms with van der Waals surface area (Å²) in [5, 5.41) is 3.14. The molecule has 0 bridgehead atoms. The second-order valence-corrected chi connectivity index (χ2v) is 10.0. The average Bonchev–Trinajstić information content (AvgIpc) is 2.85. The summed E-state index contributed by atoms with van der Waals surface area (Å²) < 4.78 is 27.0. The van der Waals surface area contributed by atoms with E-state index in [1.807, 2.05) is 31.2 Å². The van der Waals surface area contributed by atoms with Crippen molar-refractivity contribution >= 4 is 38.5 Å². The Hall–Kier alpha value is -4.23. The molecule has 0 atom stereocenters. The average molecular weight is 469 g/mol. The lowest BCUT2D eigenvalue weighted by Gasteiger charge is -2.24. The number of carbonyl (C=O) groups excluding carboxylic acids is 2. The zero-order valence-electron chi connectivity index (χ0n) is 18.2. The molecule has 0 radical (unpaired) electrons. The zero-order valence-corrected chi connectivity index (χ0v) is 19.0. The van der Waals surface area contributed by atoms with Gasteiger partial charge in [0.25, 0.3) is 0 Å². The Balaban J connectivity index is 1.80. The first kappa shape index (κ1) is 21.6. The third-order valence-electron chi connectivity index (χ3n) is 5.87. The van der Waals surface area contributed by atoms with Crippen LogP contribution in [0.2, 0.25) is 0 Å². The summed E-state index contributed by atoms with van der Waals surface area (Å²) in [6, 6.07) is 23.0. The number of anilines is 3. The number of hydrogen-bond donors (Lipinski definition) is 2. The normalized spacial score (nSPS) is 12.7. The Morgan fingerprint density at radius 2 is 1.29 bits per heavy atom. The molecule has 0 amide bonds. The minimum absolute atomic E-state index is 0.0397. The summed E-state index contributed by atoms with van der Waals surface area (Å²) in [6.45, 7) is 1.94. The van der Waals surface area contributed by atoms with Gasteiger partial charge in [-0.25, -0.2) is 8.42 Å².